The third kappa shape index (κ3) is 5.02. The minimum atomic E-state index is -0.0765. The molecule has 0 radical (unpaired) electrons. The maximum Gasteiger partial charge on any atom is 0.0410 e. The van der Waals surface area contributed by atoms with Gasteiger partial charge in [-0.2, -0.15) is 0 Å². The molecule has 0 aliphatic heterocycles. The molecule has 0 amide bonds. The van der Waals surface area contributed by atoms with Crippen molar-refractivity contribution in [1.29, 1.82) is 0 Å². The molecule has 3 heteroatoms. The van der Waals surface area contributed by atoms with E-state index < -0.39 is 0 Å². The normalized spacial score (nSPS) is 15.6. The second-order valence-electron chi connectivity index (χ2n) is 4.69. The second kappa shape index (κ2) is 6.42. The summed E-state index contributed by atoms with van der Waals surface area (Å²) in [7, 11) is 0. The Morgan fingerprint density at radius 2 is 1.65 bits per heavy atom. The fourth-order valence-electron chi connectivity index (χ4n) is 1.60. The van der Waals surface area contributed by atoms with Crippen LogP contribution >= 0.6 is 0 Å². The maximum atomic E-state index is 5.78. The van der Waals surface area contributed by atoms with Crippen LogP contribution in [-0.4, -0.2) is 12.1 Å². The fourth-order valence-corrected chi connectivity index (χ4v) is 1.60. The van der Waals surface area contributed by atoms with Gasteiger partial charge in [0.1, 0.15) is 0 Å². The number of nitrogens with two attached hydrogens (primary N) is 3. The van der Waals surface area contributed by atoms with Crippen LogP contribution in [0.5, 0.6) is 0 Å². The molecule has 1 aromatic rings. The molecule has 0 aliphatic rings. The summed E-state index contributed by atoms with van der Waals surface area (Å²) in [5.74, 6) is 0. The van der Waals surface area contributed by atoms with Gasteiger partial charge in [0.2, 0.25) is 0 Å². The molecule has 1 aromatic carbocycles. The van der Waals surface area contributed by atoms with Crippen molar-refractivity contribution in [3.63, 3.8) is 0 Å². The van der Waals surface area contributed by atoms with Gasteiger partial charge >= 0.3 is 0 Å². The van der Waals surface area contributed by atoms with Gasteiger partial charge in [-0.25, -0.2) is 0 Å². The third-order valence-electron chi connectivity index (χ3n) is 2.68. The van der Waals surface area contributed by atoms with Gasteiger partial charge in [-0.15, -0.1) is 0 Å². The highest BCUT2D eigenvalue weighted by atomic mass is 14.7. The van der Waals surface area contributed by atoms with E-state index in [0.717, 1.165) is 18.5 Å². The van der Waals surface area contributed by atoms with Crippen LogP contribution in [0.25, 0.3) is 0 Å². The van der Waals surface area contributed by atoms with Gasteiger partial charge in [-0.05, 0) is 37.8 Å². The lowest BCUT2D eigenvalue weighted by Gasteiger charge is -2.07. The van der Waals surface area contributed by atoms with Crippen molar-refractivity contribution in [3.05, 3.63) is 47.2 Å². The summed E-state index contributed by atoms with van der Waals surface area (Å²) in [4.78, 5) is 0. The molecule has 2 atom stereocenters. The molecule has 0 heterocycles. The van der Waals surface area contributed by atoms with E-state index in [4.69, 9.17) is 17.2 Å². The SMILES string of the molecule is CC(N)Cc1ccc(C/C=C(\N)C(C)N)cc1. The van der Waals surface area contributed by atoms with Gasteiger partial charge in [0.05, 0.1) is 0 Å². The number of allylic oxidation sites excluding steroid dienone is 1. The predicted octanol–water partition coefficient (Wildman–Crippen LogP) is 1.31. The number of rotatable bonds is 5. The highest BCUT2D eigenvalue weighted by Crippen LogP contribution is 2.08. The van der Waals surface area contributed by atoms with Crippen LogP contribution in [0.15, 0.2) is 36.0 Å². The molecule has 0 aromatic heterocycles. The second-order valence-corrected chi connectivity index (χ2v) is 4.69. The smallest absolute Gasteiger partial charge is 0.0410 e. The lowest BCUT2D eigenvalue weighted by molar-refractivity contribution is 0.738. The maximum absolute atomic E-state index is 5.78. The molecule has 1 rings (SSSR count). The van der Waals surface area contributed by atoms with Crippen molar-refractivity contribution in [3.8, 4) is 0 Å². The molecular weight excluding hydrogens is 210 g/mol. The first-order valence-electron chi connectivity index (χ1n) is 6.03. The average Bonchev–Trinajstić information content (AvgIpc) is 2.26. The molecule has 0 saturated carbocycles. The zero-order valence-electron chi connectivity index (χ0n) is 10.7. The molecule has 0 saturated heterocycles. The van der Waals surface area contributed by atoms with Crippen molar-refractivity contribution in [2.75, 3.05) is 0 Å². The van der Waals surface area contributed by atoms with Crippen LogP contribution < -0.4 is 17.2 Å². The Bertz CT molecular complexity index is 364. The Kier molecular flexibility index (Phi) is 5.19. The average molecular weight is 233 g/mol. The Labute approximate surface area is 104 Å². The fraction of sp³-hybridized carbons (Fsp3) is 0.429. The Balaban J connectivity index is 2.60. The van der Waals surface area contributed by atoms with Crippen molar-refractivity contribution in [2.45, 2.75) is 38.8 Å². The first kappa shape index (κ1) is 13.7. The van der Waals surface area contributed by atoms with E-state index in [1.165, 1.54) is 11.1 Å². The highest BCUT2D eigenvalue weighted by Gasteiger charge is 1.99. The minimum absolute atomic E-state index is 0.0765. The first-order valence-corrected chi connectivity index (χ1v) is 6.03. The van der Waals surface area contributed by atoms with Gasteiger partial charge < -0.3 is 17.2 Å². The van der Waals surface area contributed by atoms with Crippen LogP contribution in [0.1, 0.15) is 25.0 Å². The zero-order chi connectivity index (χ0) is 12.8. The van der Waals surface area contributed by atoms with E-state index in [2.05, 4.69) is 24.3 Å². The standard InChI is InChI=1S/C14H23N3/c1-10(15)9-13-5-3-12(4-6-13)7-8-14(17)11(2)16/h3-6,8,10-11H,7,9,15-17H2,1-2H3/b14-8-. The van der Waals surface area contributed by atoms with E-state index in [0.29, 0.717) is 0 Å². The van der Waals surface area contributed by atoms with Gasteiger partial charge in [0.15, 0.2) is 0 Å². The van der Waals surface area contributed by atoms with Gasteiger partial charge in [0.25, 0.3) is 0 Å². The van der Waals surface area contributed by atoms with E-state index in [9.17, 15) is 0 Å². The number of hydrogen-bond acceptors (Lipinski definition) is 3. The molecule has 17 heavy (non-hydrogen) atoms. The molecule has 0 bridgehead atoms. The van der Waals surface area contributed by atoms with Crippen molar-refractivity contribution in [1.82, 2.24) is 0 Å². The van der Waals surface area contributed by atoms with Crippen molar-refractivity contribution >= 4 is 0 Å². The number of hydrogen-bond donors (Lipinski definition) is 3. The summed E-state index contributed by atoms with van der Waals surface area (Å²) in [5, 5.41) is 0. The predicted molar refractivity (Wildman–Crippen MR) is 73.4 cm³/mol. The monoisotopic (exact) mass is 233 g/mol. The summed E-state index contributed by atoms with van der Waals surface area (Å²) in [5.41, 5.74) is 20.5. The molecular formula is C14H23N3. The summed E-state index contributed by atoms with van der Waals surface area (Å²) < 4.78 is 0. The first-order chi connectivity index (χ1) is 7.99. The van der Waals surface area contributed by atoms with E-state index in [1.807, 2.05) is 19.9 Å². The molecule has 2 unspecified atom stereocenters. The van der Waals surface area contributed by atoms with Gasteiger partial charge in [-0.1, -0.05) is 30.3 Å². The van der Waals surface area contributed by atoms with E-state index in [1.54, 1.807) is 0 Å². The number of benzene rings is 1. The molecule has 0 spiro atoms. The van der Waals surface area contributed by atoms with Gasteiger partial charge in [0, 0.05) is 17.8 Å². The van der Waals surface area contributed by atoms with Crippen LogP contribution in [0.4, 0.5) is 0 Å². The van der Waals surface area contributed by atoms with Crippen molar-refractivity contribution < 1.29 is 0 Å². The lowest BCUT2D eigenvalue weighted by atomic mass is 10.0. The quantitative estimate of drug-likeness (QED) is 0.717. The Morgan fingerprint density at radius 1 is 1.12 bits per heavy atom. The Morgan fingerprint density at radius 3 is 2.12 bits per heavy atom. The van der Waals surface area contributed by atoms with Crippen LogP contribution in [0, 0.1) is 0 Å². The Hall–Kier alpha value is -1.32. The molecule has 0 aliphatic carbocycles. The lowest BCUT2D eigenvalue weighted by Crippen LogP contribution is -2.23. The largest absolute Gasteiger partial charge is 0.401 e. The summed E-state index contributed by atoms with van der Waals surface area (Å²) in [6, 6.07) is 8.59. The van der Waals surface area contributed by atoms with E-state index in [-0.39, 0.29) is 12.1 Å². The van der Waals surface area contributed by atoms with Gasteiger partial charge in [-0.3, -0.25) is 0 Å². The topological polar surface area (TPSA) is 78.1 Å². The minimum Gasteiger partial charge on any atom is -0.401 e. The third-order valence-corrected chi connectivity index (χ3v) is 2.68. The van der Waals surface area contributed by atoms with Crippen LogP contribution in [0.2, 0.25) is 0 Å². The molecule has 6 N–H and O–H groups in total. The molecule has 3 nitrogen and oxygen atoms in total. The highest BCUT2D eigenvalue weighted by molar-refractivity contribution is 5.25. The van der Waals surface area contributed by atoms with E-state index >= 15 is 0 Å². The summed E-state index contributed by atoms with van der Waals surface area (Å²) in [6.07, 6.45) is 3.72. The summed E-state index contributed by atoms with van der Waals surface area (Å²) in [6.45, 7) is 3.90. The molecule has 94 valence electrons. The molecule has 0 fully saturated rings. The van der Waals surface area contributed by atoms with Crippen molar-refractivity contribution in [2.24, 2.45) is 17.2 Å². The van der Waals surface area contributed by atoms with Crippen LogP contribution in [-0.2, 0) is 12.8 Å². The zero-order valence-corrected chi connectivity index (χ0v) is 10.7. The van der Waals surface area contributed by atoms with Crippen LogP contribution in [0.3, 0.4) is 0 Å². The summed E-state index contributed by atoms with van der Waals surface area (Å²) >= 11 is 0.